The van der Waals surface area contributed by atoms with E-state index in [0.29, 0.717) is 17.5 Å². The number of ether oxygens (including phenoxy) is 1. The molecule has 0 fully saturated rings. The summed E-state index contributed by atoms with van der Waals surface area (Å²) in [5.74, 6) is -1.15. The van der Waals surface area contributed by atoms with E-state index in [1.807, 2.05) is 91.0 Å². The lowest BCUT2D eigenvalue weighted by Gasteiger charge is -2.07. The maximum Gasteiger partial charge on any atom is 0.338 e. The molecule has 4 aromatic rings. The molecule has 1 N–H and O–H groups in total. The van der Waals surface area contributed by atoms with Gasteiger partial charge in [-0.3, -0.25) is 0 Å². The van der Waals surface area contributed by atoms with Gasteiger partial charge in [-0.1, -0.05) is 97.1 Å². The van der Waals surface area contributed by atoms with Crippen molar-refractivity contribution in [1.29, 1.82) is 0 Å². The Morgan fingerprint density at radius 3 is 1.45 bits per heavy atom. The zero-order chi connectivity index (χ0) is 23.5. The van der Waals surface area contributed by atoms with Gasteiger partial charge in [0, 0.05) is 0 Å². The zero-order valence-electron chi connectivity index (χ0n) is 18.5. The van der Waals surface area contributed by atoms with Crippen LogP contribution in [-0.2, 0) is 17.6 Å². The molecule has 0 bridgehead atoms. The maximum absolute atomic E-state index is 11.6. The summed E-state index contributed by atoms with van der Waals surface area (Å²) >= 11 is 0. The van der Waals surface area contributed by atoms with Crippen molar-refractivity contribution in [3.8, 4) is 0 Å². The molecule has 0 aliphatic rings. The first-order chi connectivity index (χ1) is 16.1. The molecule has 0 spiro atoms. The van der Waals surface area contributed by atoms with E-state index < -0.39 is 5.97 Å². The lowest BCUT2D eigenvalue weighted by molar-refractivity contribution is 0.0598. The number of methoxy groups -OCH3 is 1. The largest absolute Gasteiger partial charge is 0.478 e. The Morgan fingerprint density at radius 2 is 1.00 bits per heavy atom. The fraction of sp³-hybridized carbons (Fsp3) is 0.103. The average molecular weight is 439 g/mol. The number of rotatable bonds is 6. The van der Waals surface area contributed by atoms with Crippen LogP contribution in [0.2, 0.25) is 0 Å². The number of esters is 1. The zero-order valence-corrected chi connectivity index (χ0v) is 18.5. The highest BCUT2D eigenvalue weighted by atomic mass is 16.5. The van der Waals surface area contributed by atoms with E-state index in [-0.39, 0.29) is 5.97 Å². The van der Waals surface area contributed by atoms with Gasteiger partial charge in [-0.15, -0.1) is 0 Å². The molecule has 4 heteroatoms. The second-order valence-electron chi connectivity index (χ2n) is 7.44. The molecule has 0 amide bonds. The Kier molecular flexibility index (Phi) is 8.55. The van der Waals surface area contributed by atoms with E-state index in [0.717, 1.165) is 23.1 Å². The van der Waals surface area contributed by atoms with Crippen molar-refractivity contribution in [2.45, 2.75) is 12.8 Å². The highest BCUT2D eigenvalue weighted by Crippen LogP contribution is 2.16. The predicted octanol–water partition coefficient (Wildman–Crippen LogP) is 6.04. The van der Waals surface area contributed by atoms with Gasteiger partial charge in [0.15, 0.2) is 0 Å². The van der Waals surface area contributed by atoms with Crippen molar-refractivity contribution in [2.75, 3.05) is 7.11 Å². The Hall–Kier alpha value is -4.18. The van der Waals surface area contributed by atoms with Gasteiger partial charge in [-0.05, 0) is 47.2 Å². The number of carbonyl (C=O) groups excluding carboxylic acids is 1. The third-order valence-corrected chi connectivity index (χ3v) is 5.15. The number of benzene rings is 4. The quantitative estimate of drug-likeness (QED) is 0.373. The maximum atomic E-state index is 11.6. The summed E-state index contributed by atoms with van der Waals surface area (Å²) in [6.45, 7) is 0. The van der Waals surface area contributed by atoms with Crippen molar-refractivity contribution in [3.05, 3.63) is 143 Å². The molecule has 0 atom stereocenters. The van der Waals surface area contributed by atoms with Crippen molar-refractivity contribution < 1.29 is 19.4 Å². The summed E-state index contributed by atoms with van der Waals surface area (Å²) in [5, 5.41) is 9.04. The number of aromatic carboxylic acids is 1. The minimum Gasteiger partial charge on any atom is -0.478 e. The van der Waals surface area contributed by atoms with Crippen LogP contribution in [0.25, 0.3) is 0 Å². The molecule has 0 saturated heterocycles. The highest BCUT2D eigenvalue weighted by Gasteiger charge is 2.11. The molecule has 0 aliphatic heterocycles. The molecule has 0 aliphatic carbocycles. The molecule has 4 rings (SSSR count). The lowest BCUT2D eigenvalue weighted by Crippen LogP contribution is -2.05. The SMILES string of the molecule is COC(=O)c1ccccc1Cc1ccccc1.O=C(O)c1ccccc1Cc1ccccc1. The summed E-state index contributed by atoms with van der Waals surface area (Å²) in [4.78, 5) is 22.6. The molecule has 0 heterocycles. The van der Waals surface area contributed by atoms with E-state index in [1.165, 1.54) is 12.7 Å². The highest BCUT2D eigenvalue weighted by molar-refractivity contribution is 5.91. The molecular formula is C29H26O4. The molecule has 33 heavy (non-hydrogen) atoms. The monoisotopic (exact) mass is 438 g/mol. The van der Waals surface area contributed by atoms with Gasteiger partial charge in [0.2, 0.25) is 0 Å². The van der Waals surface area contributed by atoms with Gasteiger partial charge in [0.25, 0.3) is 0 Å². The Morgan fingerprint density at radius 1 is 0.606 bits per heavy atom. The molecule has 0 radical (unpaired) electrons. The van der Waals surface area contributed by atoms with Crippen LogP contribution in [0.1, 0.15) is 43.0 Å². The first-order valence-electron chi connectivity index (χ1n) is 10.6. The second-order valence-corrected chi connectivity index (χ2v) is 7.44. The Balaban J connectivity index is 0.000000186. The van der Waals surface area contributed by atoms with E-state index >= 15 is 0 Å². The minimum absolute atomic E-state index is 0.281. The number of carbonyl (C=O) groups is 2. The van der Waals surface area contributed by atoms with Crippen LogP contribution < -0.4 is 0 Å². The van der Waals surface area contributed by atoms with Crippen LogP contribution in [0.3, 0.4) is 0 Å². The fourth-order valence-corrected chi connectivity index (χ4v) is 3.50. The van der Waals surface area contributed by atoms with Crippen molar-refractivity contribution in [1.82, 2.24) is 0 Å². The van der Waals surface area contributed by atoms with Crippen LogP contribution in [0, 0.1) is 0 Å². The van der Waals surface area contributed by atoms with Gasteiger partial charge >= 0.3 is 11.9 Å². The molecule has 0 unspecified atom stereocenters. The Labute approximate surface area is 194 Å². The van der Waals surface area contributed by atoms with Gasteiger partial charge in [0.05, 0.1) is 18.2 Å². The average Bonchev–Trinajstić information content (AvgIpc) is 2.86. The summed E-state index contributed by atoms with van der Waals surface area (Å²) in [6.07, 6.45) is 1.40. The molecule has 0 aromatic heterocycles. The first kappa shape index (κ1) is 23.5. The summed E-state index contributed by atoms with van der Waals surface area (Å²) < 4.78 is 4.78. The number of hydrogen-bond acceptors (Lipinski definition) is 3. The smallest absolute Gasteiger partial charge is 0.338 e. The van der Waals surface area contributed by atoms with Gasteiger partial charge in [0.1, 0.15) is 0 Å². The van der Waals surface area contributed by atoms with E-state index in [1.54, 1.807) is 18.2 Å². The summed E-state index contributed by atoms with van der Waals surface area (Å²) in [7, 11) is 1.40. The van der Waals surface area contributed by atoms with Crippen molar-refractivity contribution in [3.63, 3.8) is 0 Å². The van der Waals surface area contributed by atoms with Crippen LogP contribution >= 0.6 is 0 Å². The predicted molar refractivity (Wildman–Crippen MR) is 130 cm³/mol. The molecule has 4 aromatic carbocycles. The lowest BCUT2D eigenvalue weighted by atomic mass is 10.00. The van der Waals surface area contributed by atoms with Crippen molar-refractivity contribution in [2.24, 2.45) is 0 Å². The van der Waals surface area contributed by atoms with Crippen LogP contribution in [0.4, 0.5) is 0 Å². The van der Waals surface area contributed by atoms with Crippen LogP contribution in [0.5, 0.6) is 0 Å². The van der Waals surface area contributed by atoms with Crippen LogP contribution in [-0.4, -0.2) is 24.2 Å². The molecular weight excluding hydrogens is 412 g/mol. The third kappa shape index (κ3) is 6.91. The number of carboxylic acid groups (broad SMARTS) is 1. The van der Waals surface area contributed by atoms with E-state index in [2.05, 4.69) is 0 Å². The van der Waals surface area contributed by atoms with E-state index in [9.17, 15) is 9.59 Å². The van der Waals surface area contributed by atoms with Crippen LogP contribution in [0.15, 0.2) is 109 Å². The second kappa shape index (κ2) is 12.0. The van der Waals surface area contributed by atoms with Crippen molar-refractivity contribution >= 4 is 11.9 Å². The minimum atomic E-state index is -0.869. The Bertz CT molecular complexity index is 1180. The number of carboxylic acids is 1. The van der Waals surface area contributed by atoms with Gasteiger partial charge in [-0.25, -0.2) is 9.59 Å². The summed E-state index contributed by atoms with van der Waals surface area (Å²) in [6, 6.07) is 34.6. The topological polar surface area (TPSA) is 63.6 Å². The van der Waals surface area contributed by atoms with Gasteiger partial charge in [-0.2, -0.15) is 0 Å². The van der Waals surface area contributed by atoms with Gasteiger partial charge < -0.3 is 9.84 Å². The third-order valence-electron chi connectivity index (χ3n) is 5.15. The summed E-state index contributed by atoms with van der Waals surface area (Å²) in [5.41, 5.74) is 5.16. The van der Waals surface area contributed by atoms with E-state index in [4.69, 9.17) is 9.84 Å². The molecule has 4 nitrogen and oxygen atoms in total. The molecule has 0 saturated carbocycles. The number of hydrogen-bond donors (Lipinski definition) is 1. The fourth-order valence-electron chi connectivity index (χ4n) is 3.50. The normalized spacial score (nSPS) is 9.97. The first-order valence-corrected chi connectivity index (χ1v) is 10.6. The standard InChI is InChI=1S/C15H14O2.C14H12O2/c1-17-15(16)14-10-6-5-9-13(14)11-12-7-3-2-4-8-12;15-14(16)13-9-5-4-8-12(13)10-11-6-2-1-3-7-11/h2-10H,11H2,1H3;1-9H,10H2,(H,15,16). The molecule has 166 valence electrons.